The van der Waals surface area contributed by atoms with E-state index in [-0.39, 0.29) is 49.6 Å². The summed E-state index contributed by atoms with van der Waals surface area (Å²) < 4.78 is 54.4. The summed E-state index contributed by atoms with van der Waals surface area (Å²) in [5, 5.41) is 25.4. The van der Waals surface area contributed by atoms with E-state index in [1.807, 2.05) is 63.7 Å². The molecule has 0 radical (unpaired) electrons. The standard InChI is InChI=1S/C54H67F3N8O7S/c1-35-47(73-34-60-35)37-16-14-36(15-17-37)31-59-51(69)45-30-41(66)32-64(45)52(70)48(53(2,3)4)61-46(67)13-11-9-7-6-8-10-12-25-71-27-28-72-26-24-58-50(68)38-18-23-44-42(29-38)43-33-63(5)62-49(43)65(44)40-21-19-39(20-22-40)54(55,56)57/h14-23,29,33-34,41,45,48,66H,6-13,24-28,30-32H2,1-5H3,(H,58,68)(H,59,69)(H,61,67). The lowest BCUT2D eigenvalue weighted by molar-refractivity contribution is -0.144. The van der Waals surface area contributed by atoms with Gasteiger partial charge < -0.3 is 35.4 Å². The molecule has 15 nitrogen and oxygen atoms in total. The van der Waals surface area contributed by atoms with Crippen molar-refractivity contribution < 1.29 is 46.9 Å². The maximum atomic E-state index is 14.0. The van der Waals surface area contributed by atoms with Crippen LogP contribution < -0.4 is 16.0 Å². The van der Waals surface area contributed by atoms with E-state index in [1.54, 1.807) is 45.8 Å². The molecule has 0 bridgehead atoms. The van der Waals surface area contributed by atoms with Crippen LogP contribution in [0.15, 0.2) is 78.4 Å². The molecule has 0 spiro atoms. The van der Waals surface area contributed by atoms with Crippen LogP contribution in [0.5, 0.6) is 0 Å². The number of aliphatic hydroxyl groups excluding tert-OH is 1. The van der Waals surface area contributed by atoms with Gasteiger partial charge in [0, 0.05) is 74.4 Å². The van der Waals surface area contributed by atoms with Crippen LogP contribution in [0.2, 0.25) is 0 Å². The number of benzene rings is 3. The Balaban J connectivity index is 0.723. The monoisotopic (exact) mass is 1030 g/mol. The average molecular weight is 1030 g/mol. The number of nitrogens with zero attached hydrogens (tertiary/aromatic N) is 5. The number of aryl methyl sites for hydroxylation is 2. The van der Waals surface area contributed by atoms with Gasteiger partial charge in [-0.25, -0.2) is 4.98 Å². The molecule has 1 fully saturated rings. The number of ether oxygens (including phenoxy) is 2. The first kappa shape index (κ1) is 54.6. The molecule has 0 aliphatic carbocycles. The number of aromatic nitrogens is 4. The van der Waals surface area contributed by atoms with Gasteiger partial charge in [-0.3, -0.25) is 28.4 Å². The number of β-amino-alcohol motifs (C(OH)–C–C–N with tert-alkyl or cyclic N) is 1. The van der Waals surface area contributed by atoms with Gasteiger partial charge in [0.15, 0.2) is 5.65 Å². The van der Waals surface area contributed by atoms with Crippen LogP contribution in [0.3, 0.4) is 0 Å². The molecular weight excluding hydrogens is 962 g/mol. The predicted molar refractivity (Wildman–Crippen MR) is 275 cm³/mol. The zero-order chi connectivity index (χ0) is 52.3. The Labute approximate surface area is 427 Å². The van der Waals surface area contributed by atoms with Gasteiger partial charge in [-0.2, -0.15) is 18.3 Å². The fourth-order valence-electron chi connectivity index (χ4n) is 9.14. The van der Waals surface area contributed by atoms with Crippen molar-refractivity contribution >= 4 is 56.9 Å². The molecule has 1 aliphatic heterocycles. The van der Waals surface area contributed by atoms with Crippen LogP contribution in [-0.4, -0.2) is 111 Å². The van der Waals surface area contributed by atoms with Crippen molar-refractivity contribution in [3.8, 4) is 16.1 Å². The molecule has 392 valence electrons. The minimum Gasteiger partial charge on any atom is -0.391 e. The van der Waals surface area contributed by atoms with E-state index in [2.05, 4.69) is 26.0 Å². The van der Waals surface area contributed by atoms with E-state index in [1.165, 1.54) is 17.0 Å². The average Bonchev–Trinajstić information content (AvgIpc) is 4.14. The lowest BCUT2D eigenvalue weighted by atomic mass is 9.85. The molecule has 1 aliphatic rings. The van der Waals surface area contributed by atoms with Crippen LogP contribution in [0, 0.1) is 12.3 Å². The van der Waals surface area contributed by atoms with E-state index in [9.17, 15) is 37.5 Å². The molecule has 3 atom stereocenters. The second-order valence-corrected chi connectivity index (χ2v) is 20.7. The van der Waals surface area contributed by atoms with Crippen LogP contribution in [0.25, 0.3) is 38.1 Å². The number of hydrogen-bond donors (Lipinski definition) is 4. The minimum absolute atomic E-state index is 0.0195. The van der Waals surface area contributed by atoms with Gasteiger partial charge >= 0.3 is 6.18 Å². The summed E-state index contributed by atoms with van der Waals surface area (Å²) in [5.41, 5.74) is 5.62. The molecular formula is C54H67F3N8O7S. The van der Waals surface area contributed by atoms with Crippen LogP contribution >= 0.6 is 11.3 Å². The maximum Gasteiger partial charge on any atom is 0.416 e. The Morgan fingerprint density at radius 3 is 2.21 bits per heavy atom. The third kappa shape index (κ3) is 14.3. The van der Waals surface area contributed by atoms with Crippen molar-refractivity contribution in [1.82, 2.24) is 40.2 Å². The normalized spacial score (nSPS) is 15.5. The van der Waals surface area contributed by atoms with Gasteiger partial charge in [0.05, 0.1) is 53.1 Å². The Hall–Kier alpha value is -6.15. The second kappa shape index (κ2) is 24.7. The summed E-state index contributed by atoms with van der Waals surface area (Å²) in [4.78, 5) is 60.4. The fourth-order valence-corrected chi connectivity index (χ4v) is 9.95. The second-order valence-electron chi connectivity index (χ2n) is 19.8. The number of alkyl halides is 3. The van der Waals surface area contributed by atoms with Crippen molar-refractivity contribution in [1.29, 1.82) is 0 Å². The molecule has 4 amide bonds. The van der Waals surface area contributed by atoms with Crippen molar-refractivity contribution in [3.05, 3.63) is 101 Å². The Bertz CT molecular complexity index is 2820. The highest BCUT2D eigenvalue weighted by molar-refractivity contribution is 7.13. The molecule has 4 N–H and O–H groups in total. The summed E-state index contributed by atoms with van der Waals surface area (Å²) in [6.07, 6.45) is 3.53. The Morgan fingerprint density at radius 2 is 1.53 bits per heavy atom. The summed E-state index contributed by atoms with van der Waals surface area (Å²) in [6, 6.07) is 16.3. The van der Waals surface area contributed by atoms with Crippen LogP contribution in [0.4, 0.5) is 13.2 Å². The number of fused-ring (bicyclic) bond motifs is 3. The predicted octanol–water partition coefficient (Wildman–Crippen LogP) is 8.66. The number of carbonyl (C=O) groups excluding carboxylic acids is 4. The molecule has 19 heteroatoms. The van der Waals surface area contributed by atoms with E-state index in [0.717, 1.165) is 83.1 Å². The first-order valence-electron chi connectivity index (χ1n) is 25.0. The number of aliphatic hydroxyl groups is 1. The quantitative estimate of drug-likeness (QED) is 0.0432. The first-order chi connectivity index (χ1) is 34.9. The third-order valence-electron chi connectivity index (χ3n) is 13.1. The molecule has 1 saturated heterocycles. The van der Waals surface area contributed by atoms with Crippen molar-refractivity contribution in [2.45, 2.75) is 116 Å². The molecule has 4 heterocycles. The highest BCUT2D eigenvalue weighted by atomic mass is 32.1. The third-order valence-corrected chi connectivity index (χ3v) is 14.0. The van der Waals surface area contributed by atoms with E-state index in [4.69, 9.17) is 9.47 Å². The van der Waals surface area contributed by atoms with Gasteiger partial charge in [-0.1, -0.05) is 77.1 Å². The van der Waals surface area contributed by atoms with Crippen LogP contribution in [0.1, 0.15) is 106 Å². The van der Waals surface area contributed by atoms with Crippen molar-refractivity contribution in [2.24, 2.45) is 12.5 Å². The summed E-state index contributed by atoms with van der Waals surface area (Å²) >= 11 is 1.58. The number of likely N-dealkylation sites (tertiary alicyclic amines) is 1. The molecule has 3 aromatic heterocycles. The zero-order valence-corrected chi connectivity index (χ0v) is 43.0. The Kier molecular flexibility index (Phi) is 18.5. The maximum absolute atomic E-state index is 14.0. The van der Waals surface area contributed by atoms with Gasteiger partial charge in [0.1, 0.15) is 12.1 Å². The van der Waals surface area contributed by atoms with E-state index < -0.39 is 35.3 Å². The van der Waals surface area contributed by atoms with Crippen LogP contribution in [-0.2, 0) is 43.6 Å². The SMILES string of the molecule is Cc1ncsc1-c1ccc(CNC(=O)C2CC(O)CN2C(=O)C(NC(=O)CCCCCCCCCOCCOCCNC(=O)c2ccc3c(c2)c2cn(C)nc2n3-c2ccc(C(F)(F)F)cc2)C(C)(C)C)cc1. The van der Waals surface area contributed by atoms with Crippen molar-refractivity contribution in [3.63, 3.8) is 0 Å². The largest absolute Gasteiger partial charge is 0.416 e. The van der Waals surface area contributed by atoms with E-state index >= 15 is 0 Å². The number of amides is 4. The minimum atomic E-state index is -4.44. The van der Waals surface area contributed by atoms with Gasteiger partial charge in [-0.15, -0.1) is 11.3 Å². The summed E-state index contributed by atoms with van der Waals surface area (Å²) in [7, 11) is 1.76. The number of rotatable bonds is 24. The lowest BCUT2D eigenvalue weighted by Gasteiger charge is -2.35. The molecule has 3 unspecified atom stereocenters. The highest BCUT2D eigenvalue weighted by Crippen LogP contribution is 2.35. The first-order valence-corrected chi connectivity index (χ1v) is 25.9. The molecule has 7 rings (SSSR count). The topological polar surface area (TPSA) is 182 Å². The number of hydrogen-bond acceptors (Lipinski definition) is 10. The zero-order valence-electron chi connectivity index (χ0n) is 42.2. The highest BCUT2D eigenvalue weighted by Gasteiger charge is 2.44. The van der Waals surface area contributed by atoms with E-state index in [0.29, 0.717) is 61.8 Å². The molecule has 6 aromatic rings. The molecule has 73 heavy (non-hydrogen) atoms. The molecule has 3 aromatic carbocycles. The number of carbonyl (C=O) groups is 4. The van der Waals surface area contributed by atoms with Gasteiger partial charge in [-0.05, 0) is 78.8 Å². The number of unbranched alkanes of at least 4 members (excludes halogenated alkanes) is 6. The summed E-state index contributed by atoms with van der Waals surface area (Å²) in [5.74, 6) is -1.21. The Morgan fingerprint density at radius 1 is 0.849 bits per heavy atom. The summed E-state index contributed by atoms with van der Waals surface area (Å²) in [6.45, 7) is 9.95. The number of thiazole rings is 1. The van der Waals surface area contributed by atoms with Crippen molar-refractivity contribution in [2.75, 3.05) is 39.5 Å². The van der Waals surface area contributed by atoms with Gasteiger partial charge in [0.25, 0.3) is 5.91 Å². The number of halogens is 3. The molecule has 0 saturated carbocycles. The fraction of sp³-hybridized carbons (Fsp3) is 0.481. The smallest absolute Gasteiger partial charge is 0.391 e. The lowest BCUT2D eigenvalue weighted by Crippen LogP contribution is -2.57. The van der Waals surface area contributed by atoms with Gasteiger partial charge in [0.2, 0.25) is 17.7 Å². The number of nitrogens with one attached hydrogen (secondary N) is 3.